The molecule has 0 spiro atoms. The van der Waals surface area contributed by atoms with Crippen molar-refractivity contribution in [3.63, 3.8) is 0 Å². The maximum atomic E-state index is 12.1. The van der Waals surface area contributed by atoms with Gasteiger partial charge in [-0.25, -0.2) is 19.2 Å². The molecule has 4 amide bonds. The predicted octanol–water partition coefficient (Wildman–Crippen LogP) is 23.4. The molecule has 9 N–H and O–H groups in total. The molecule has 6 fully saturated rings. The maximum Gasteiger partial charge on any atom is 0.408 e. The first-order chi connectivity index (χ1) is 65.7. The zero-order valence-electron chi connectivity index (χ0n) is 94.9. The van der Waals surface area contributed by atoms with Crippen LogP contribution in [0, 0.1) is 0 Å². The fourth-order valence-electron chi connectivity index (χ4n) is 14.9. The fourth-order valence-corrected chi connectivity index (χ4v) is 21.6. The highest BCUT2D eigenvalue weighted by molar-refractivity contribution is 7.86. The Kier molecular flexibility index (Phi) is 61.4. The number of ketones is 1. The lowest BCUT2D eigenvalue weighted by molar-refractivity contribution is -0.123. The van der Waals surface area contributed by atoms with Crippen molar-refractivity contribution in [1.82, 2.24) is 21.3 Å². The molecule has 0 radical (unpaired) electrons. The van der Waals surface area contributed by atoms with Crippen LogP contribution >= 0.6 is 0 Å². The Labute approximate surface area is 868 Å². The van der Waals surface area contributed by atoms with Crippen LogP contribution in [-0.2, 0) is 70.0 Å². The SMILES string of the molecule is CC.CC.CC(C)(C)OC(=O)N[C@@H]1CCCC(=O)[C@@H]1NC(=O)OC(C)(C)C.CC(C)(C)OC(=O)N[C@H]1[C@@H](O)CCC[C@H]1NC(=O)OC(C)(C)C.CC(C)(C)[Si](C)(C)O[C@@H]1C=CCCC1.CC(C)(C)[Si](C)(C)O[C@H]1CCC[C@@H](N=[N+]=[N-])[C@H]1N=[N+]=[N-].CC(C)(C)[Si](C)(C)O[C@H]1CCC[C@H](O)[C@@H]1O.CC(C)(C)[Si](C)(C)O[C@H]1CCC[C@H](OS(C)(=O)=O)[C@@H]1OS(C)(=O)=O.OC1C=CCCC1.[N-]=[N+]=N[C@H]1[C@@H](O)CCC[C@H]1N=[N+]=[N-]. The molecule has 144 heavy (non-hydrogen) atoms. The number of alkyl carbamates (subject to hydrolysis) is 4. The molecule has 0 bridgehead atoms. The second-order valence-corrected chi connectivity index (χ2v) is 69.7. The number of azide groups is 4. The van der Waals surface area contributed by atoms with E-state index in [0.29, 0.717) is 81.8 Å². The molecule has 838 valence electrons. The smallest absolute Gasteiger partial charge is 0.408 e. The Morgan fingerprint density at radius 2 is 0.715 bits per heavy atom. The number of carbonyl (C=O) groups is 5. The molecule has 1 unspecified atom stereocenters. The Morgan fingerprint density at radius 3 is 1.12 bits per heavy atom. The van der Waals surface area contributed by atoms with Gasteiger partial charge in [0, 0.05) is 38.2 Å². The molecule has 8 rings (SSSR count). The lowest BCUT2D eigenvalue weighted by atomic mass is 9.88. The second-order valence-electron chi connectivity index (χ2n) is 47.5. The predicted molar refractivity (Wildman–Crippen MR) is 579 cm³/mol. The van der Waals surface area contributed by atoms with Crippen molar-refractivity contribution in [3.8, 4) is 0 Å². The lowest BCUT2D eigenvalue weighted by Gasteiger charge is -2.44. The van der Waals surface area contributed by atoms with E-state index in [1.165, 1.54) is 19.3 Å². The average molecular weight is 2160 g/mol. The van der Waals surface area contributed by atoms with Crippen LogP contribution < -0.4 is 21.3 Å². The lowest BCUT2D eigenvalue weighted by Crippen LogP contribution is -2.59. The van der Waals surface area contributed by atoms with Gasteiger partial charge in [0.15, 0.2) is 39.1 Å². The van der Waals surface area contributed by atoms with Gasteiger partial charge in [-0.3, -0.25) is 13.2 Å². The van der Waals surface area contributed by atoms with E-state index in [4.69, 9.17) is 72.2 Å². The largest absolute Gasteiger partial charge is 0.444 e. The molecule has 0 saturated heterocycles. The molecule has 8 aliphatic carbocycles. The van der Waals surface area contributed by atoms with Gasteiger partial charge in [-0.15, -0.1) is 0 Å². The van der Waals surface area contributed by atoms with Gasteiger partial charge < -0.3 is 83.5 Å². The maximum absolute atomic E-state index is 12.1. The molecule has 46 heteroatoms. The number of allylic oxidation sites excluding steroid dienone is 2. The first-order valence-corrected chi connectivity index (χ1v) is 66.8. The van der Waals surface area contributed by atoms with Gasteiger partial charge >= 0.3 is 24.4 Å². The van der Waals surface area contributed by atoms with E-state index in [9.17, 15) is 61.2 Å². The van der Waals surface area contributed by atoms with Crippen molar-refractivity contribution in [1.29, 1.82) is 0 Å². The third kappa shape index (κ3) is 57.1. The molecule has 0 aromatic rings. The number of rotatable bonds is 20. The summed E-state index contributed by atoms with van der Waals surface area (Å²) in [4.78, 5) is 70.9. The summed E-state index contributed by atoms with van der Waals surface area (Å²) >= 11 is 0. The monoisotopic (exact) mass is 2160 g/mol. The van der Waals surface area contributed by atoms with E-state index >= 15 is 0 Å². The number of aliphatic hydroxyl groups excluding tert-OH is 5. The van der Waals surface area contributed by atoms with Gasteiger partial charge in [-0.2, -0.15) is 16.8 Å². The summed E-state index contributed by atoms with van der Waals surface area (Å²) in [6.07, 6.45) is 22.1. The van der Waals surface area contributed by atoms with Crippen molar-refractivity contribution in [3.05, 3.63) is 66.1 Å². The first-order valence-electron chi connectivity index (χ1n) is 51.5. The van der Waals surface area contributed by atoms with Crippen LogP contribution in [0.2, 0.25) is 72.5 Å². The van der Waals surface area contributed by atoms with Gasteiger partial charge in [0.2, 0.25) is 0 Å². The number of amides is 4. The number of hydrogen-bond acceptors (Lipinski definition) is 28. The first kappa shape index (κ1) is 140. The van der Waals surface area contributed by atoms with Crippen molar-refractivity contribution < 1.29 is 111 Å². The Balaban J connectivity index is 0. The van der Waals surface area contributed by atoms with Gasteiger partial charge in [0.25, 0.3) is 20.2 Å². The van der Waals surface area contributed by atoms with Crippen LogP contribution in [0.15, 0.2) is 44.8 Å². The summed E-state index contributed by atoms with van der Waals surface area (Å²) in [6, 6.07) is -3.99. The zero-order valence-corrected chi connectivity index (χ0v) is 101. The van der Waals surface area contributed by atoms with E-state index in [-0.39, 0.29) is 45.3 Å². The molecule has 0 aromatic carbocycles. The van der Waals surface area contributed by atoms with Crippen molar-refractivity contribution in [2.45, 2.75) is 558 Å². The van der Waals surface area contributed by atoms with Crippen LogP contribution in [0.4, 0.5) is 19.2 Å². The van der Waals surface area contributed by atoms with Gasteiger partial charge in [-0.1, -0.05) is 168 Å². The minimum absolute atomic E-state index is 0.0622. The Morgan fingerprint density at radius 1 is 0.375 bits per heavy atom. The van der Waals surface area contributed by atoms with Crippen molar-refractivity contribution >= 4 is 83.7 Å². The number of nitrogens with zero attached hydrogens (tertiary/aromatic N) is 12. The number of aliphatic hydroxyl groups is 5. The molecule has 40 nitrogen and oxygen atoms in total. The van der Waals surface area contributed by atoms with E-state index in [0.717, 1.165) is 76.7 Å². The molecule has 0 aliphatic heterocycles. The summed E-state index contributed by atoms with van der Waals surface area (Å²) in [5.74, 6) is -0.122. The van der Waals surface area contributed by atoms with E-state index < -0.39 is 185 Å². The van der Waals surface area contributed by atoms with Gasteiger partial charge in [0.1, 0.15) is 46.8 Å². The Hall–Kier alpha value is -6.20. The van der Waals surface area contributed by atoms with Crippen LogP contribution in [0.5, 0.6) is 0 Å². The van der Waals surface area contributed by atoms with Gasteiger partial charge in [-0.05, 0) is 313 Å². The number of carbonyl (C=O) groups excluding carboxylic acids is 5. The molecule has 8 aliphatic rings. The molecular weight excluding hydrogens is 1960 g/mol. The second kappa shape index (κ2) is 63.2. The third-order valence-corrected chi connectivity index (χ3v) is 45.3. The van der Waals surface area contributed by atoms with Crippen LogP contribution in [0.3, 0.4) is 0 Å². The number of hydrogen-bond donors (Lipinski definition) is 9. The number of nitrogens with one attached hydrogen (secondary N) is 4. The molecule has 6 saturated carbocycles. The molecule has 19 atom stereocenters. The Bertz CT molecular complexity index is 4330. The zero-order chi connectivity index (χ0) is 112. The summed E-state index contributed by atoms with van der Waals surface area (Å²) < 4.78 is 103. The summed E-state index contributed by atoms with van der Waals surface area (Å²) in [7, 11) is -15.0. The number of Topliss-reactive ketones (excluding diaryl/α,β-unsaturated/α-hetero) is 1. The topological polar surface area (TPSA) is 590 Å². The van der Waals surface area contributed by atoms with Crippen LogP contribution in [-0.4, -0.2) is 256 Å². The van der Waals surface area contributed by atoms with Gasteiger partial charge in [0.05, 0.1) is 91.6 Å². The summed E-state index contributed by atoms with van der Waals surface area (Å²) in [6.45, 7) is 72.8. The fraction of sp³-hybridized carbons (Fsp3) is 0.908. The van der Waals surface area contributed by atoms with Crippen LogP contribution in [0.1, 0.15) is 348 Å². The quantitative estimate of drug-likeness (QED) is 0.0104. The highest BCUT2D eigenvalue weighted by Crippen LogP contribution is 2.45. The number of ether oxygens (including phenoxy) is 4. The van der Waals surface area contributed by atoms with E-state index in [2.05, 4.69) is 209 Å². The van der Waals surface area contributed by atoms with E-state index in [1.54, 1.807) is 83.1 Å². The standard InChI is InChI=1S/C16H30N2O5.C16H28N2O5.C14H30O7S2Si.C12H24N6OSi.C12H26O3Si.C12H24OSi.C6H10N6O.C6H10O.2C2H6/c2*1-15(2,3)22-13(20)17-10-8-7-9-11(19)12(10)18-14(21)23-16(4,5)6;1-14(2,3)24(6,7)21-12-10-8-9-11(19-22(4,15)16)13(12)20-23(5,17)18;1-12(2,3)20(4,5)19-10-8-6-7-9(15-17-13)11(10)16-18-14;1-12(2,3)16(4,5)15-10-8-6-7-9(13)11(10)14;1-12(2,3)14(4,5)13-11-9-7-6-8-10-11;7-11-9-4-2-1-3-5(13)6(4)10-12-8;7-6-4-2-1-3-5-6;2*1-2/h10-12,19H,7-9H2,1-6H3,(H,17,20)(H,18,21);10,12H,7-9H2,1-6H3,(H,17,20)(H,18,21);11-13H,8-10H2,1-7H3;9-11H,6-8H2,1-5H3;9-11,13-14H,6-8H2,1-5H3;7,9,11H,6,8,10H2,1-5H3;4-6,13H,1-3H2;2,4,6-7H,1,3,5H2;2*1-2H3/t10-,11+,12-;10-,12-;11-,12-,13-;9-,10+,11-;9-,10-,11-;11-;4-,5+,6-;;;/m1101011.../s1. The van der Waals surface area contributed by atoms with E-state index in [1.807, 2.05) is 39.8 Å². The summed E-state index contributed by atoms with van der Waals surface area (Å²) in [5, 5.41) is 73.7. The normalized spacial score (nSPS) is 26.5. The molecule has 0 heterocycles. The van der Waals surface area contributed by atoms with Crippen LogP contribution in [0.25, 0.3) is 41.8 Å². The minimum Gasteiger partial charge on any atom is -0.444 e. The molecule has 0 aromatic heterocycles. The average Bonchev–Trinajstić information content (AvgIpc) is 0.811. The summed E-state index contributed by atoms with van der Waals surface area (Å²) in [5.41, 5.74) is 31.4. The third-order valence-electron chi connectivity index (χ3n) is 26.1. The highest BCUT2D eigenvalue weighted by Gasteiger charge is 2.49. The minimum atomic E-state index is -3.78. The highest BCUT2D eigenvalue weighted by atomic mass is 32.2. The van der Waals surface area contributed by atoms with Crippen molar-refractivity contribution in [2.75, 3.05) is 12.5 Å². The van der Waals surface area contributed by atoms with Crippen molar-refractivity contribution in [2.24, 2.45) is 20.5 Å². The molecular formula is C98H194N16O24S2Si4.